The van der Waals surface area contributed by atoms with Gasteiger partial charge in [-0.15, -0.1) is 0 Å². The van der Waals surface area contributed by atoms with E-state index in [4.69, 9.17) is 0 Å². The number of hydrogen-bond donors (Lipinski definition) is 0. The molecule has 0 radical (unpaired) electrons. The lowest BCUT2D eigenvalue weighted by Crippen LogP contribution is -1.99. The average molecular weight is 197 g/mol. The van der Waals surface area contributed by atoms with E-state index in [2.05, 4.69) is 4.99 Å². The SMILES string of the molecule is CCC(N=C=O)c1cccc(F)c1F. The Morgan fingerprint density at radius 2 is 2.21 bits per heavy atom. The van der Waals surface area contributed by atoms with Gasteiger partial charge in [0.2, 0.25) is 6.08 Å². The number of aliphatic imine (C=N–C) groups is 1. The summed E-state index contributed by atoms with van der Waals surface area (Å²) < 4.78 is 26.0. The molecule has 0 aliphatic carbocycles. The summed E-state index contributed by atoms with van der Waals surface area (Å²) in [4.78, 5) is 13.4. The first kappa shape index (κ1) is 10.5. The van der Waals surface area contributed by atoms with Gasteiger partial charge in [-0.2, -0.15) is 4.99 Å². The molecule has 0 amide bonds. The number of halogens is 2. The maximum atomic E-state index is 13.2. The zero-order chi connectivity index (χ0) is 10.6. The van der Waals surface area contributed by atoms with Crippen molar-refractivity contribution in [3.8, 4) is 0 Å². The smallest absolute Gasteiger partial charge is 0.211 e. The van der Waals surface area contributed by atoms with Gasteiger partial charge >= 0.3 is 0 Å². The Labute approximate surface area is 80.3 Å². The minimum Gasteiger partial charge on any atom is -0.211 e. The number of hydrogen-bond acceptors (Lipinski definition) is 2. The second-order valence-corrected chi connectivity index (χ2v) is 2.79. The highest BCUT2D eigenvalue weighted by atomic mass is 19.2. The van der Waals surface area contributed by atoms with Crippen LogP contribution in [-0.4, -0.2) is 6.08 Å². The van der Waals surface area contributed by atoms with Crippen LogP contribution in [0.3, 0.4) is 0 Å². The lowest BCUT2D eigenvalue weighted by molar-refractivity contribution is 0.485. The Hall–Kier alpha value is -1.54. The molecule has 0 N–H and O–H groups in total. The Bertz CT molecular complexity index is 372. The molecular formula is C10H9F2NO. The second kappa shape index (κ2) is 4.63. The first-order chi connectivity index (χ1) is 6.70. The van der Waals surface area contributed by atoms with Crippen LogP contribution in [-0.2, 0) is 4.79 Å². The Kier molecular flexibility index (Phi) is 3.48. The molecule has 0 heterocycles. The van der Waals surface area contributed by atoms with Crippen molar-refractivity contribution in [3.05, 3.63) is 35.4 Å². The van der Waals surface area contributed by atoms with E-state index in [1.165, 1.54) is 18.2 Å². The van der Waals surface area contributed by atoms with Gasteiger partial charge in [0, 0.05) is 5.56 Å². The molecule has 0 saturated heterocycles. The van der Waals surface area contributed by atoms with Gasteiger partial charge < -0.3 is 0 Å². The molecule has 14 heavy (non-hydrogen) atoms. The van der Waals surface area contributed by atoms with Crippen molar-refractivity contribution in [2.45, 2.75) is 19.4 Å². The highest BCUT2D eigenvalue weighted by Crippen LogP contribution is 2.24. The Morgan fingerprint density at radius 3 is 2.79 bits per heavy atom. The van der Waals surface area contributed by atoms with E-state index in [9.17, 15) is 13.6 Å². The van der Waals surface area contributed by atoms with Gasteiger partial charge in [0.15, 0.2) is 11.6 Å². The van der Waals surface area contributed by atoms with Crippen LogP contribution in [0, 0.1) is 11.6 Å². The van der Waals surface area contributed by atoms with E-state index >= 15 is 0 Å². The largest absolute Gasteiger partial charge is 0.235 e. The third kappa shape index (κ3) is 2.03. The average Bonchev–Trinajstić information content (AvgIpc) is 2.19. The van der Waals surface area contributed by atoms with Crippen LogP contribution in [0.25, 0.3) is 0 Å². The summed E-state index contributed by atoms with van der Waals surface area (Å²) in [6, 6.07) is 3.17. The van der Waals surface area contributed by atoms with E-state index in [0.717, 1.165) is 6.07 Å². The highest BCUT2D eigenvalue weighted by Gasteiger charge is 2.15. The molecule has 2 nitrogen and oxygen atoms in total. The van der Waals surface area contributed by atoms with E-state index in [1.54, 1.807) is 6.92 Å². The van der Waals surface area contributed by atoms with Gasteiger partial charge in [-0.3, -0.25) is 0 Å². The van der Waals surface area contributed by atoms with Crippen LogP contribution in [0.1, 0.15) is 24.9 Å². The van der Waals surface area contributed by atoms with Crippen molar-refractivity contribution in [2.75, 3.05) is 0 Å². The predicted molar refractivity (Wildman–Crippen MR) is 47.5 cm³/mol. The molecule has 1 aromatic carbocycles. The lowest BCUT2D eigenvalue weighted by atomic mass is 10.0. The van der Waals surface area contributed by atoms with Crippen LogP contribution < -0.4 is 0 Å². The minimum atomic E-state index is -0.946. The monoisotopic (exact) mass is 197 g/mol. The first-order valence-electron chi connectivity index (χ1n) is 4.21. The fourth-order valence-corrected chi connectivity index (χ4v) is 1.22. The molecule has 1 rings (SSSR count). The summed E-state index contributed by atoms with van der Waals surface area (Å²) in [5.74, 6) is -1.87. The summed E-state index contributed by atoms with van der Waals surface area (Å²) in [7, 11) is 0. The summed E-state index contributed by atoms with van der Waals surface area (Å²) in [5.41, 5.74) is 0.0934. The number of carbonyl (C=O) groups excluding carboxylic acids is 1. The molecule has 4 heteroatoms. The zero-order valence-electron chi connectivity index (χ0n) is 7.63. The van der Waals surface area contributed by atoms with Crippen molar-refractivity contribution in [1.29, 1.82) is 0 Å². The van der Waals surface area contributed by atoms with Crippen molar-refractivity contribution in [3.63, 3.8) is 0 Å². The number of benzene rings is 1. The summed E-state index contributed by atoms with van der Waals surface area (Å²) >= 11 is 0. The number of isocyanates is 1. The summed E-state index contributed by atoms with van der Waals surface area (Å²) in [6.07, 6.45) is 1.78. The van der Waals surface area contributed by atoms with Crippen molar-refractivity contribution >= 4 is 6.08 Å². The molecule has 0 spiro atoms. The molecule has 74 valence electrons. The van der Waals surface area contributed by atoms with Crippen molar-refractivity contribution in [1.82, 2.24) is 0 Å². The molecule has 0 aliphatic heterocycles. The van der Waals surface area contributed by atoms with Crippen LogP contribution in [0.5, 0.6) is 0 Å². The van der Waals surface area contributed by atoms with Gasteiger partial charge in [-0.05, 0) is 12.5 Å². The third-order valence-electron chi connectivity index (χ3n) is 1.94. The lowest BCUT2D eigenvalue weighted by Gasteiger charge is -2.09. The molecule has 0 fully saturated rings. The number of rotatable bonds is 3. The second-order valence-electron chi connectivity index (χ2n) is 2.79. The number of nitrogens with zero attached hydrogens (tertiary/aromatic N) is 1. The molecule has 1 unspecified atom stereocenters. The fraction of sp³-hybridized carbons (Fsp3) is 0.300. The Balaban J connectivity index is 3.16. The highest BCUT2D eigenvalue weighted by molar-refractivity contribution is 5.35. The minimum absolute atomic E-state index is 0.0934. The van der Waals surface area contributed by atoms with Gasteiger partial charge in [0.25, 0.3) is 0 Å². The van der Waals surface area contributed by atoms with Gasteiger partial charge in [0.05, 0.1) is 6.04 Å². The maximum Gasteiger partial charge on any atom is 0.235 e. The van der Waals surface area contributed by atoms with E-state index in [-0.39, 0.29) is 5.56 Å². The molecule has 0 aliphatic rings. The van der Waals surface area contributed by atoms with Gasteiger partial charge in [0.1, 0.15) is 0 Å². The standard InChI is InChI=1S/C10H9F2NO/c1-2-9(13-6-14)7-4-3-5-8(11)10(7)12/h3-5,9H,2H2,1H3. The van der Waals surface area contributed by atoms with Crippen LogP contribution >= 0.6 is 0 Å². The van der Waals surface area contributed by atoms with Crippen molar-refractivity contribution < 1.29 is 13.6 Å². The van der Waals surface area contributed by atoms with E-state index in [1.807, 2.05) is 0 Å². The first-order valence-corrected chi connectivity index (χ1v) is 4.21. The van der Waals surface area contributed by atoms with Crippen LogP contribution in [0.15, 0.2) is 23.2 Å². The van der Waals surface area contributed by atoms with Crippen molar-refractivity contribution in [2.24, 2.45) is 4.99 Å². The summed E-state index contributed by atoms with van der Waals surface area (Å²) in [5, 5.41) is 0. The Morgan fingerprint density at radius 1 is 1.50 bits per heavy atom. The van der Waals surface area contributed by atoms with Crippen LogP contribution in [0.2, 0.25) is 0 Å². The topological polar surface area (TPSA) is 29.4 Å². The van der Waals surface area contributed by atoms with E-state index < -0.39 is 17.7 Å². The quantitative estimate of drug-likeness (QED) is 0.541. The fourth-order valence-electron chi connectivity index (χ4n) is 1.22. The van der Waals surface area contributed by atoms with E-state index in [0.29, 0.717) is 6.42 Å². The molecular weight excluding hydrogens is 188 g/mol. The maximum absolute atomic E-state index is 13.2. The molecule has 1 aromatic rings. The molecule has 0 aromatic heterocycles. The predicted octanol–water partition coefficient (Wildman–Crippen LogP) is 2.75. The summed E-state index contributed by atoms with van der Waals surface area (Å²) in [6.45, 7) is 1.73. The van der Waals surface area contributed by atoms with Gasteiger partial charge in [-0.25, -0.2) is 13.6 Å². The normalized spacial score (nSPS) is 11.9. The molecule has 0 bridgehead atoms. The molecule has 1 atom stereocenters. The molecule has 0 saturated carbocycles. The third-order valence-corrected chi connectivity index (χ3v) is 1.94. The zero-order valence-corrected chi connectivity index (χ0v) is 7.63. The van der Waals surface area contributed by atoms with Crippen LogP contribution in [0.4, 0.5) is 8.78 Å². The van der Waals surface area contributed by atoms with Gasteiger partial charge in [-0.1, -0.05) is 19.1 Å².